The molecule has 0 atom stereocenters. The van der Waals surface area contributed by atoms with Gasteiger partial charge in [-0.15, -0.1) is 0 Å². The molecular formula is C17H20N2O3. The number of carbonyl (C=O) groups is 2. The highest BCUT2D eigenvalue weighted by molar-refractivity contribution is 5.99. The lowest BCUT2D eigenvalue weighted by Crippen LogP contribution is -2.28. The van der Waals surface area contributed by atoms with Gasteiger partial charge in [-0.3, -0.25) is 9.59 Å². The maximum absolute atomic E-state index is 11.9. The fourth-order valence-electron chi connectivity index (χ4n) is 2.11. The van der Waals surface area contributed by atoms with Gasteiger partial charge in [-0.05, 0) is 38.5 Å². The van der Waals surface area contributed by atoms with Crippen LogP contribution in [0.15, 0.2) is 30.5 Å². The molecule has 0 saturated heterocycles. The Morgan fingerprint density at radius 3 is 2.64 bits per heavy atom. The second-order valence-corrected chi connectivity index (χ2v) is 5.23. The van der Waals surface area contributed by atoms with Gasteiger partial charge in [-0.25, -0.2) is 0 Å². The van der Waals surface area contributed by atoms with Gasteiger partial charge in [0.2, 0.25) is 0 Å². The molecule has 0 aliphatic rings. The van der Waals surface area contributed by atoms with E-state index in [1.807, 2.05) is 26.0 Å². The first-order chi connectivity index (χ1) is 10.5. The molecule has 0 unspecified atom stereocenters. The first kappa shape index (κ1) is 15.8. The highest BCUT2D eigenvalue weighted by Crippen LogP contribution is 2.18. The van der Waals surface area contributed by atoms with Gasteiger partial charge in [0.1, 0.15) is 18.1 Å². The number of carbonyl (C=O) groups excluding carboxylic acids is 2. The van der Waals surface area contributed by atoms with Gasteiger partial charge in [0.05, 0.1) is 6.54 Å². The number of aromatic amines is 1. The van der Waals surface area contributed by atoms with E-state index >= 15 is 0 Å². The number of ether oxygens (including phenoxy) is 1. The molecule has 0 aliphatic heterocycles. The molecule has 22 heavy (non-hydrogen) atoms. The summed E-state index contributed by atoms with van der Waals surface area (Å²) in [7, 11) is 0. The zero-order chi connectivity index (χ0) is 16.1. The average Bonchev–Trinajstić information content (AvgIpc) is 2.95. The molecule has 2 aromatic rings. The fourth-order valence-corrected chi connectivity index (χ4v) is 2.11. The first-order valence-electron chi connectivity index (χ1n) is 7.15. The topological polar surface area (TPSA) is 71.2 Å². The number of hydrogen-bond acceptors (Lipinski definition) is 3. The standard InChI is InChI=1S/C17H20N2O3/c1-11-4-5-16(12(2)8-11)22-7-6-18-17(21)15-9-14(10-19-15)13(3)20/h4-5,8-10,19H,6-7H2,1-3H3,(H,18,21). The molecule has 0 aliphatic carbocycles. The zero-order valence-corrected chi connectivity index (χ0v) is 13.0. The van der Waals surface area contributed by atoms with E-state index in [2.05, 4.69) is 16.4 Å². The van der Waals surface area contributed by atoms with E-state index in [9.17, 15) is 9.59 Å². The van der Waals surface area contributed by atoms with Crippen molar-refractivity contribution in [3.8, 4) is 5.75 Å². The molecule has 116 valence electrons. The third-order valence-electron chi connectivity index (χ3n) is 3.31. The van der Waals surface area contributed by atoms with E-state index in [1.165, 1.54) is 18.7 Å². The highest BCUT2D eigenvalue weighted by Gasteiger charge is 2.10. The van der Waals surface area contributed by atoms with E-state index in [0.29, 0.717) is 24.4 Å². The zero-order valence-electron chi connectivity index (χ0n) is 13.0. The van der Waals surface area contributed by atoms with E-state index < -0.39 is 0 Å². The monoisotopic (exact) mass is 300 g/mol. The number of nitrogens with one attached hydrogen (secondary N) is 2. The summed E-state index contributed by atoms with van der Waals surface area (Å²) in [6.07, 6.45) is 1.53. The lowest BCUT2D eigenvalue weighted by atomic mass is 10.1. The van der Waals surface area contributed by atoms with Crippen molar-refractivity contribution in [1.82, 2.24) is 10.3 Å². The number of ketones is 1. The Balaban J connectivity index is 1.80. The van der Waals surface area contributed by atoms with Crippen LogP contribution in [0.1, 0.15) is 38.9 Å². The summed E-state index contributed by atoms with van der Waals surface area (Å²) in [6.45, 7) is 6.25. The predicted octanol–water partition coefficient (Wildman–Crippen LogP) is 2.64. The molecule has 0 bridgehead atoms. The van der Waals surface area contributed by atoms with Gasteiger partial charge in [-0.1, -0.05) is 17.7 Å². The van der Waals surface area contributed by atoms with Crippen molar-refractivity contribution in [2.24, 2.45) is 0 Å². The van der Waals surface area contributed by atoms with Crippen LogP contribution in [0.5, 0.6) is 5.75 Å². The Hall–Kier alpha value is -2.56. The van der Waals surface area contributed by atoms with Gasteiger partial charge >= 0.3 is 0 Å². The summed E-state index contributed by atoms with van der Waals surface area (Å²) in [5.41, 5.74) is 3.13. The molecule has 2 rings (SSSR count). The number of H-pyrrole nitrogens is 1. The van der Waals surface area contributed by atoms with Gasteiger partial charge in [-0.2, -0.15) is 0 Å². The minimum atomic E-state index is -0.253. The van der Waals surface area contributed by atoms with Crippen LogP contribution in [-0.4, -0.2) is 29.8 Å². The third kappa shape index (κ3) is 3.97. The smallest absolute Gasteiger partial charge is 0.267 e. The van der Waals surface area contributed by atoms with Gasteiger partial charge in [0.25, 0.3) is 5.91 Å². The van der Waals surface area contributed by atoms with Crippen molar-refractivity contribution in [3.63, 3.8) is 0 Å². The van der Waals surface area contributed by atoms with Crippen molar-refractivity contribution < 1.29 is 14.3 Å². The Labute approximate surface area is 129 Å². The third-order valence-corrected chi connectivity index (χ3v) is 3.31. The van der Waals surface area contributed by atoms with E-state index in [1.54, 1.807) is 6.07 Å². The molecule has 1 aromatic carbocycles. The lowest BCUT2D eigenvalue weighted by Gasteiger charge is -2.10. The number of rotatable bonds is 6. The molecule has 2 N–H and O–H groups in total. The van der Waals surface area contributed by atoms with Crippen LogP contribution in [0.4, 0.5) is 0 Å². The van der Waals surface area contributed by atoms with Crippen LogP contribution >= 0.6 is 0 Å². The number of Topliss-reactive ketones (excluding diaryl/α,β-unsaturated/α-hetero) is 1. The number of aromatic nitrogens is 1. The van der Waals surface area contributed by atoms with Crippen molar-refractivity contribution in [3.05, 3.63) is 52.8 Å². The molecule has 0 radical (unpaired) electrons. The molecule has 1 heterocycles. The Morgan fingerprint density at radius 2 is 2.00 bits per heavy atom. The Bertz CT molecular complexity index is 689. The number of amides is 1. The minimum absolute atomic E-state index is 0.0755. The van der Waals surface area contributed by atoms with Gasteiger partial charge in [0, 0.05) is 11.8 Å². The number of aryl methyl sites for hydroxylation is 2. The van der Waals surface area contributed by atoms with Crippen LogP contribution in [0.3, 0.4) is 0 Å². The van der Waals surface area contributed by atoms with Crippen molar-refractivity contribution in [1.29, 1.82) is 0 Å². The van der Waals surface area contributed by atoms with Crippen molar-refractivity contribution in [2.75, 3.05) is 13.2 Å². The fraction of sp³-hybridized carbons (Fsp3) is 0.294. The molecule has 0 saturated carbocycles. The molecule has 5 heteroatoms. The minimum Gasteiger partial charge on any atom is -0.491 e. The molecule has 1 amide bonds. The maximum atomic E-state index is 11.9. The average molecular weight is 300 g/mol. The normalized spacial score (nSPS) is 10.3. The van der Waals surface area contributed by atoms with Gasteiger partial charge in [0.15, 0.2) is 5.78 Å². The summed E-state index contributed by atoms with van der Waals surface area (Å²) in [6, 6.07) is 7.51. The second-order valence-electron chi connectivity index (χ2n) is 5.23. The van der Waals surface area contributed by atoms with E-state index in [4.69, 9.17) is 4.74 Å². The van der Waals surface area contributed by atoms with Crippen LogP contribution in [-0.2, 0) is 0 Å². The first-order valence-corrected chi connectivity index (χ1v) is 7.15. The SMILES string of the molecule is CC(=O)c1c[nH]c(C(=O)NCCOc2ccc(C)cc2C)c1. The molecule has 5 nitrogen and oxygen atoms in total. The number of benzene rings is 1. The lowest BCUT2D eigenvalue weighted by molar-refractivity contribution is 0.0942. The van der Waals surface area contributed by atoms with Crippen LogP contribution < -0.4 is 10.1 Å². The maximum Gasteiger partial charge on any atom is 0.267 e. The van der Waals surface area contributed by atoms with Crippen molar-refractivity contribution >= 4 is 11.7 Å². The summed E-state index contributed by atoms with van der Waals surface area (Å²) in [4.78, 5) is 25.9. The molecule has 0 fully saturated rings. The Morgan fingerprint density at radius 1 is 1.23 bits per heavy atom. The quantitative estimate of drug-likeness (QED) is 0.636. The number of hydrogen-bond donors (Lipinski definition) is 2. The Kier molecular flexibility index (Phi) is 4.99. The van der Waals surface area contributed by atoms with E-state index in [-0.39, 0.29) is 11.7 Å². The van der Waals surface area contributed by atoms with Gasteiger partial charge < -0.3 is 15.0 Å². The molecular weight excluding hydrogens is 280 g/mol. The summed E-state index contributed by atoms with van der Waals surface area (Å²) >= 11 is 0. The predicted molar refractivity (Wildman–Crippen MR) is 84.5 cm³/mol. The van der Waals surface area contributed by atoms with Crippen LogP contribution in [0.25, 0.3) is 0 Å². The molecule has 0 spiro atoms. The summed E-state index contributed by atoms with van der Waals surface area (Å²) < 4.78 is 5.64. The summed E-state index contributed by atoms with van der Waals surface area (Å²) in [5, 5.41) is 2.75. The van der Waals surface area contributed by atoms with Crippen LogP contribution in [0, 0.1) is 13.8 Å². The highest BCUT2D eigenvalue weighted by atomic mass is 16.5. The van der Waals surface area contributed by atoms with Crippen LogP contribution in [0.2, 0.25) is 0 Å². The van der Waals surface area contributed by atoms with E-state index in [0.717, 1.165) is 11.3 Å². The van der Waals surface area contributed by atoms with Crippen molar-refractivity contribution in [2.45, 2.75) is 20.8 Å². The largest absolute Gasteiger partial charge is 0.491 e. The summed E-state index contributed by atoms with van der Waals surface area (Å²) in [5.74, 6) is 0.490. The second kappa shape index (κ2) is 6.93. The molecule has 1 aromatic heterocycles.